The number of alkyl halides is 1. The van der Waals surface area contributed by atoms with Crippen LogP contribution in [0.15, 0.2) is 24.3 Å². The molecule has 0 saturated carbocycles. The molecule has 0 saturated heterocycles. The van der Waals surface area contributed by atoms with Gasteiger partial charge in [-0.2, -0.15) is 0 Å². The number of halogens is 1. The van der Waals surface area contributed by atoms with Crippen molar-refractivity contribution in [3.63, 3.8) is 0 Å². The summed E-state index contributed by atoms with van der Waals surface area (Å²) in [6.45, 7) is 2.68. The number of amides is 1. The average molecular weight is 240 g/mol. The summed E-state index contributed by atoms with van der Waals surface area (Å²) >= 11 is 5.58. The highest BCUT2D eigenvalue weighted by molar-refractivity contribution is 6.18. The van der Waals surface area contributed by atoms with Gasteiger partial charge in [-0.3, -0.25) is 4.79 Å². The molecule has 0 aliphatic carbocycles. The predicted octanol–water partition coefficient (Wildman–Crippen LogP) is 2.62. The summed E-state index contributed by atoms with van der Waals surface area (Å²) in [5.74, 6) is 0.648. The molecule has 1 aromatic rings. The normalized spacial score (nSPS) is 10.2. The van der Waals surface area contributed by atoms with Crippen LogP contribution in [0.1, 0.15) is 17.5 Å². The van der Waals surface area contributed by atoms with E-state index in [1.54, 1.807) is 11.9 Å². The lowest BCUT2D eigenvalue weighted by atomic mass is 10.1. The van der Waals surface area contributed by atoms with Crippen molar-refractivity contribution in [2.45, 2.75) is 19.8 Å². The van der Waals surface area contributed by atoms with Gasteiger partial charge in [0.1, 0.15) is 0 Å². The Kier molecular flexibility index (Phi) is 5.33. The molecule has 1 aromatic carbocycles. The molecule has 0 fully saturated rings. The van der Waals surface area contributed by atoms with E-state index in [1.165, 1.54) is 11.1 Å². The fraction of sp³-hybridized carbons (Fsp3) is 0.462. The smallest absolute Gasteiger partial charge is 0.222 e. The number of benzene rings is 1. The molecule has 2 nitrogen and oxygen atoms in total. The van der Waals surface area contributed by atoms with Crippen molar-refractivity contribution in [2.75, 3.05) is 19.5 Å². The van der Waals surface area contributed by atoms with Crippen molar-refractivity contribution in [3.05, 3.63) is 35.4 Å². The molecule has 0 N–H and O–H groups in total. The quantitative estimate of drug-likeness (QED) is 0.724. The third-order valence-corrected chi connectivity index (χ3v) is 2.72. The van der Waals surface area contributed by atoms with Crippen LogP contribution in [0, 0.1) is 6.92 Å². The Labute approximate surface area is 102 Å². The van der Waals surface area contributed by atoms with E-state index in [2.05, 4.69) is 25.1 Å². The second-order valence-electron chi connectivity index (χ2n) is 3.99. The van der Waals surface area contributed by atoms with E-state index in [0.29, 0.717) is 18.8 Å². The minimum atomic E-state index is 0.155. The molecule has 3 heteroatoms. The number of carbonyl (C=O) groups excluding carboxylic acids is 1. The molecule has 0 spiro atoms. The van der Waals surface area contributed by atoms with Crippen LogP contribution >= 0.6 is 11.6 Å². The topological polar surface area (TPSA) is 20.3 Å². The van der Waals surface area contributed by atoms with E-state index in [9.17, 15) is 4.79 Å². The van der Waals surface area contributed by atoms with Gasteiger partial charge in [0.2, 0.25) is 5.91 Å². The largest absolute Gasteiger partial charge is 0.345 e. The predicted molar refractivity (Wildman–Crippen MR) is 67.9 cm³/mol. The monoisotopic (exact) mass is 239 g/mol. The number of carbonyl (C=O) groups is 1. The zero-order chi connectivity index (χ0) is 12.0. The number of hydrogen-bond acceptors (Lipinski definition) is 1. The maximum atomic E-state index is 11.7. The molecule has 0 aliphatic rings. The second kappa shape index (κ2) is 6.54. The van der Waals surface area contributed by atoms with Crippen LogP contribution in [0.25, 0.3) is 0 Å². The summed E-state index contributed by atoms with van der Waals surface area (Å²) in [4.78, 5) is 13.3. The third-order valence-electron chi connectivity index (χ3n) is 2.56. The first-order chi connectivity index (χ1) is 7.63. The Morgan fingerprint density at radius 3 is 2.81 bits per heavy atom. The van der Waals surface area contributed by atoms with Gasteiger partial charge in [0, 0.05) is 25.9 Å². The fourth-order valence-corrected chi connectivity index (χ4v) is 1.81. The zero-order valence-corrected chi connectivity index (χ0v) is 10.6. The van der Waals surface area contributed by atoms with Gasteiger partial charge in [0.05, 0.1) is 0 Å². The molecular formula is C13H18ClNO. The summed E-state index contributed by atoms with van der Waals surface area (Å²) in [7, 11) is 1.79. The van der Waals surface area contributed by atoms with E-state index in [1.807, 2.05) is 6.07 Å². The molecule has 0 bridgehead atoms. The summed E-state index contributed by atoms with van der Waals surface area (Å²) in [5, 5.41) is 0. The van der Waals surface area contributed by atoms with Crippen LogP contribution in [0.5, 0.6) is 0 Å². The van der Waals surface area contributed by atoms with Gasteiger partial charge < -0.3 is 4.90 Å². The van der Waals surface area contributed by atoms with Gasteiger partial charge in [-0.1, -0.05) is 29.8 Å². The highest BCUT2D eigenvalue weighted by Gasteiger charge is 2.07. The van der Waals surface area contributed by atoms with Gasteiger partial charge in [-0.25, -0.2) is 0 Å². The molecule has 0 aliphatic heterocycles. The van der Waals surface area contributed by atoms with Crippen molar-refractivity contribution in [1.29, 1.82) is 0 Å². The summed E-state index contributed by atoms with van der Waals surface area (Å²) in [5.41, 5.74) is 2.45. The first kappa shape index (κ1) is 13.0. The number of hydrogen-bond donors (Lipinski definition) is 0. The SMILES string of the molecule is Cc1cccc(CCC(=O)N(C)CCCl)c1. The molecule has 0 heterocycles. The van der Waals surface area contributed by atoms with E-state index in [0.717, 1.165) is 6.42 Å². The summed E-state index contributed by atoms with van der Waals surface area (Å²) in [6.07, 6.45) is 1.35. The molecule has 0 unspecified atom stereocenters. The van der Waals surface area contributed by atoms with Crippen LogP contribution in [-0.2, 0) is 11.2 Å². The van der Waals surface area contributed by atoms with Gasteiger partial charge in [0.25, 0.3) is 0 Å². The first-order valence-electron chi connectivity index (χ1n) is 5.49. The van der Waals surface area contributed by atoms with Gasteiger partial charge >= 0.3 is 0 Å². The first-order valence-corrected chi connectivity index (χ1v) is 6.02. The van der Waals surface area contributed by atoms with E-state index in [-0.39, 0.29) is 5.91 Å². The van der Waals surface area contributed by atoms with Crippen LogP contribution < -0.4 is 0 Å². The molecule has 1 amide bonds. The Morgan fingerprint density at radius 2 is 2.19 bits per heavy atom. The molecule has 16 heavy (non-hydrogen) atoms. The Hall–Kier alpha value is -1.02. The summed E-state index contributed by atoms with van der Waals surface area (Å²) in [6, 6.07) is 8.26. The maximum absolute atomic E-state index is 11.7. The number of rotatable bonds is 5. The fourth-order valence-electron chi connectivity index (χ4n) is 1.56. The van der Waals surface area contributed by atoms with E-state index < -0.39 is 0 Å². The zero-order valence-electron chi connectivity index (χ0n) is 9.87. The number of nitrogens with zero attached hydrogens (tertiary/aromatic N) is 1. The Balaban J connectivity index is 2.42. The standard InChI is InChI=1S/C13H18ClNO/c1-11-4-3-5-12(10-11)6-7-13(16)15(2)9-8-14/h3-5,10H,6-9H2,1-2H3. The lowest BCUT2D eigenvalue weighted by Gasteiger charge is -2.15. The van der Waals surface area contributed by atoms with Crippen LogP contribution in [0.3, 0.4) is 0 Å². The summed E-state index contributed by atoms with van der Waals surface area (Å²) < 4.78 is 0. The molecule has 0 atom stereocenters. The van der Waals surface area contributed by atoms with Gasteiger partial charge in [-0.05, 0) is 18.9 Å². The van der Waals surface area contributed by atoms with Gasteiger partial charge in [-0.15, -0.1) is 11.6 Å². The third kappa shape index (κ3) is 4.23. The van der Waals surface area contributed by atoms with Crippen molar-refractivity contribution in [1.82, 2.24) is 4.90 Å². The molecule has 0 aromatic heterocycles. The molecule has 0 radical (unpaired) electrons. The van der Waals surface area contributed by atoms with E-state index >= 15 is 0 Å². The minimum Gasteiger partial charge on any atom is -0.345 e. The van der Waals surface area contributed by atoms with Crippen molar-refractivity contribution in [2.24, 2.45) is 0 Å². The van der Waals surface area contributed by atoms with Crippen molar-refractivity contribution in [3.8, 4) is 0 Å². The van der Waals surface area contributed by atoms with Crippen molar-refractivity contribution < 1.29 is 4.79 Å². The highest BCUT2D eigenvalue weighted by atomic mass is 35.5. The van der Waals surface area contributed by atoms with Crippen LogP contribution in [-0.4, -0.2) is 30.3 Å². The van der Waals surface area contributed by atoms with Crippen molar-refractivity contribution >= 4 is 17.5 Å². The lowest BCUT2D eigenvalue weighted by Crippen LogP contribution is -2.28. The van der Waals surface area contributed by atoms with E-state index in [4.69, 9.17) is 11.6 Å². The van der Waals surface area contributed by atoms with Gasteiger partial charge in [0.15, 0.2) is 0 Å². The average Bonchev–Trinajstić information content (AvgIpc) is 2.26. The Morgan fingerprint density at radius 1 is 1.44 bits per heavy atom. The molecule has 1 rings (SSSR count). The maximum Gasteiger partial charge on any atom is 0.222 e. The molecular weight excluding hydrogens is 222 g/mol. The minimum absolute atomic E-state index is 0.155. The lowest BCUT2D eigenvalue weighted by molar-refractivity contribution is -0.129. The Bertz CT molecular complexity index is 352. The highest BCUT2D eigenvalue weighted by Crippen LogP contribution is 2.07. The van der Waals surface area contributed by atoms with Crippen LogP contribution in [0.4, 0.5) is 0 Å². The molecule has 88 valence electrons. The number of aryl methyl sites for hydroxylation is 2. The van der Waals surface area contributed by atoms with Crippen LogP contribution in [0.2, 0.25) is 0 Å². The second-order valence-corrected chi connectivity index (χ2v) is 4.37.